The van der Waals surface area contributed by atoms with E-state index in [1.165, 1.54) is 16.7 Å². The van der Waals surface area contributed by atoms with Crippen molar-refractivity contribution in [1.29, 1.82) is 0 Å². The number of nitrogens with two attached hydrogens (primary N) is 2. The number of hydrogen-bond acceptors (Lipinski definition) is 9. The highest BCUT2D eigenvalue weighted by molar-refractivity contribution is 7.99. The van der Waals surface area contributed by atoms with Crippen LogP contribution in [0.4, 0.5) is 0 Å². The molecular formula is C43H50N8O5S. The Kier molecular flexibility index (Phi) is 14.1. The number of nitrogens with one attached hydrogen (secondary N) is 4. The van der Waals surface area contributed by atoms with Crippen LogP contribution < -0.4 is 27.4 Å². The number of para-hydroxylation sites is 1. The first-order valence-corrected chi connectivity index (χ1v) is 20.1. The molecule has 14 heteroatoms. The molecule has 1 aliphatic rings. The van der Waals surface area contributed by atoms with Gasteiger partial charge >= 0.3 is 5.97 Å². The fourth-order valence-electron chi connectivity index (χ4n) is 7.17. The van der Waals surface area contributed by atoms with Crippen LogP contribution in [0.5, 0.6) is 0 Å². The summed E-state index contributed by atoms with van der Waals surface area (Å²) in [5.74, 6) is -2.11. The van der Waals surface area contributed by atoms with Crippen LogP contribution in [0.1, 0.15) is 59.2 Å². The number of likely N-dealkylation sites (N-methyl/N-ethyl adjacent to an activating group) is 1. The zero-order valence-corrected chi connectivity index (χ0v) is 32.8. The van der Waals surface area contributed by atoms with Gasteiger partial charge in [0, 0.05) is 54.8 Å². The Balaban J connectivity index is 1.45. The van der Waals surface area contributed by atoms with Crippen LogP contribution in [-0.4, -0.2) is 81.9 Å². The molecule has 298 valence electrons. The molecule has 2 unspecified atom stereocenters. The second-order valence-electron chi connectivity index (χ2n) is 14.2. The lowest BCUT2D eigenvalue weighted by atomic mass is 9.98. The Morgan fingerprint density at radius 2 is 1.65 bits per heavy atom. The van der Waals surface area contributed by atoms with Crippen LogP contribution in [0, 0.1) is 0 Å². The van der Waals surface area contributed by atoms with Crippen molar-refractivity contribution >= 4 is 46.4 Å². The van der Waals surface area contributed by atoms with E-state index in [0.29, 0.717) is 56.8 Å². The maximum atomic E-state index is 14.6. The molecule has 13 nitrogen and oxygen atoms in total. The van der Waals surface area contributed by atoms with Gasteiger partial charge in [-0.05, 0) is 103 Å². The highest BCUT2D eigenvalue weighted by Crippen LogP contribution is 2.37. The van der Waals surface area contributed by atoms with Gasteiger partial charge in [0.05, 0.1) is 11.6 Å². The lowest BCUT2D eigenvalue weighted by Crippen LogP contribution is -2.57. The zero-order chi connectivity index (χ0) is 40.3. The number of aromatic nitrogens is 2. The molecule has 5 aromatic rings. The van der Waals surface area contributed by atoms with Gasteiger partial charge in [-0.1, -0.05) is 60.3 Å². The summed E-state index contributed by atoms with van der Waals surface area (Å²) in [6.45, 7) is 1.25. The van der Waals surface area contributed by atoms with Gasteiger partial charge in [0.25, 0.3) is 0 Å². The average Bonchev–Trinajstić information content (AvgIpc) is 3.64. The first-order valence-electron chi connectivity index (χ1n) is 19.3. The molecule has 0 aliphatic carbocycles. The van der Waals surface area contributed by atoms with Crippen molar-refractivity contribution < 1.29 is 24.3 Å². The van der Waals surface area contributed by atoms with Gasteiger partial charge in [-0.25, -0.2) is 9.78 Å². The minimum absolute atomic E-state index is 0.0999. The van der Waals surface area contributed by atoms with Crippen molar-refractivity contribution in [2.45, 2.75) is 79.7 Å². The lowest BCUT2D eigenvalue weighted by molar-refractivity contribution is -0.142. The highest BCUT2D eigenvalue weighted by atomic mass is 32.2. The summed E-state index contributed by atoms with van der Waals surface area (Å²) >= 11 is 1.44. The quantitative estimate of drug-likeness (QED) is 0.0927. The Hall–Kier alpha value is -5.54. The first-order chi connectivity index (χ1) is 27.7. The number of aromatic amines is 1. The number of unbranched alkanes of at least 4 members (excludes halogenated alkanes) is 1. The summed E-state index contributed by atoms with van der Waals surface area (Å²) in [7, 11) is 1.61. The molecule has 0 radical (unpaired) electrons. The van der Waals surface area contributed by atoms with Gasteiger partial charge < -0.3 is 42.4 Å². The summed E-state index contributed by atoms with van der Waals surface area (Å²) < 4.78 is 0. The molecule has 9 N–H and O–H groups in total. The number of fused-ring (bicyclic) bond motifs is 3. The predicted octanol–water partition coefficient (Wildman–Crippen LogP) is 4.59. The van der Waals surface area contributed by atoms with Crippen molar-refractivity contribution in [3.63, 3.8) is 0 Å². The summed E-state index contributed by atoms with van der Waals surface area (Å²) in [5, 5.41) is 20.8. The molecular weight excluding hydrogens is 741 g/mol. The van der Waals surface area contributed by atoms with Crippen molar-refractivity contribution in [2.24, 2.45) is 11.5 Å². The van der Waals surface area contributed by atoms with Crippen molar-refractivity contribution in [3.8, 4) is 11.1 Å². The normalized spacial score (nSPS) is 18.3. The van der Waals surface area contributed by atoms with E-state index in [-0.39, 0.29) is 36.3 Å². The van der Waals surface area contributed by atoms with Gasteiger partial charge in [0.1, 0.15) is 17.1 Å². The van der Waals surface area contributed by atoms with Gasteiger partial charge in [-0.3, -0.25) is 14.4 Å². The molecule has 3 atom stereocenters. The van der Waals surface area contributed by atoms with Gasteiger partial charge in [-0.2, -0.15) is 0 Å². The maximum absolute atomic E-state index is 14.6. The number of pyridine rings is 1. The largest absolute Gasteiger partial charge is 0.478 e. The minimum Gasteiger partial charge on any atom is -0.478 e. The monoisotopic (exact) mass is 790 g/mol. The Morgan fingerprint density at radius 1 is 0.877 bits per heavy atom. The average molecular weight is 791 g/mol. The third kappa shape index (κ3) is 10.1. The Bertz CT molecular complexity index is 2190. The van der Waals surface area contributed by atoms with E-state index in [4.69, 9.17) is 16.5 Å². The second kappa shape index (κ2) is 19.6. The molecule has 1 aliphatic heterocycles. The SMILES string of the molecule is CN1C(=O)C(CCCCN)NC(=O)C(CCCN)NCc2cccnc2Sc2cccc(-c3ccc(C(=O)O)cc3)c2CNC(=O)[C@@H]1Cc1c[nH]c2ccccc12. The summed E-state index contributed by atoms with van der Waals surface area (Å²) in [6, 6.07) is 21.5. The molecule has 57 heavy (non-hydrogen) atoms. The van der Waals surface area contributed by atoms with Crippen molar-refractivity contribution in [2.75, 3.05) is 20.1 Å². The van der Waals surface area contributed by atoms with E-state index in [0.717, 1.165) is 43.6 Å². The van der Waals surface area contributed by atoms with E-state index in [2.05, 4.69) is 20.9 Å². The molecule has 6 rings (SSSR count). The molecule has 3 heterocycles. The van der Waals surface area contributed by atoms with Gasteiger partial charge in [0.15, 0.2) is 0 Å². The molecule has 0 spiro atoms. The molecule has 2 aromatic heterocycles. The van der Waals surface area contributed by atoms with E-state index in [1.54, 1.807) is 37.5 Å². The number of carbonyl (C=O) groups excluding carboxylic acids is 3. The summed E-state index contributed by atoms with van der Waals surface area (Å²) in [5.41, 5.74) is 16.9. The van der Waals surface area contributed by atoms with E-state index in [9.17, 15) is 24.3 Å². The van der Waals surface area contributed by atoms with E-state index < -0.39 is 24.1 Å². The molecule has 0 saturated carbocycles. The Morgan fingerprint density at radius 3 is 2.42 bits per heavy atom. The number of carboxylic acids is 1. The number of H-pyrrole nitrogens is 1. The second-order valence-corrected chi connectivity index (χ2v) is 15.2. The molecule has 3 amide bonds. The van der Waals surface area contributed by atoms with Gasteiger partial charge in [0.2, 0.25) is 17.7 Å². The third-order valence-electron chi connectivity index (χ3n) is 10.4. The fourth-order valence-corrected chi connectivity index (χ4v) is 8.22. The zero-order valence-electron chi connectivity index (χ0n) is 32.0. The van der Waals surface area contributed by atoms with E-state index in [1.807, 2.05) is 60.8 Å². The van der Waals surface area contributed by atoms with E-state index >= 15 is 0 Å². The van der Waals surface area contributed by atoms with Crippen LogP contribution in [0.2, 0.25) is 0 Å². The number of benzene rings is 3. The molecule has 0 fully saturated rings. The van der Waals surface area contributed by atoms with Crippen LogP contribution in [0.25, 0.3) is 22.0 Å². The van der Waals surface area contributed by atoms with Crippen molar-refractivity contribution in [3.05, 3.63) is 114 Å². The highest BCUT2D eigenvalue weighted by Gasteiger charge is 2.34. The maximum Gasteiger partial charge on any atom is 0.335 e. The number of aromatic carboxylic acids is 1. The number of carboxylic acid groups (broad SMARTS) is 1. The van der Waals surface area contributed by atoms with Gasteiger partial charge in [-0.15, -0.1) is 0 Å². The van der Waals surface area contributed by atoms with Crippen LogP contribution >= 0.6 is 11.8 Å². The molecule has 0 bridgehead atoms. The van der Waals surface area contributed by atoms with Crippen LogP contribution in [0.3, 0.4) is 0 Å². The molecule has 0 saturated heterocycles. The number of carbonyl (C=O) groups is 4. The van der Waals surface area contributed by atoms with Crippen LogP contribution in [0.15, 0.2) is 101 Å². The van der Waals surface area contributed by atoms with Crippen molar-refractivity contribution in [1.82, 2.24) is 30.8 Å². The van der Waals surface area contributed by atoms with Crippen LogP contribution in [-0.2, 0) is 33.9 Å². The number of amides is 3. The topological polar surface area (TPSA) is 209 Å². The first kappa shape index (κ1) is 41.1. The number of hydrogen-bond donors (Lipinski definition) is 7. The number of rotatable bonds is 11. The lowest BCUT2D eigenvalue weighted by Gasteiger charge is -2.32. The number of nitrogens with zero attached hydrogens (tertiary/aromatic N) is 2. The standard InChI is InChI=1S/C43H50N8O5S/c1-51-37(23-30-25-47-34-12-3-2-10-32(30)34)40(53)49-26-33-31(27-16-18-28(19-17-27)43(55)56)11-6-15-38(33)57-41-29(9-8-22-46-41)24-48-35(14-7-21-45)39(52)50-36(42(51)54)13-4-5-20-44/h2-3,6,8-12,15-19,22,25,35-37,47-48H,4-5,7,13-14,20-21,23-24,26,44-45H2,1H3,(H,49,53)(H,50,52)(H,55,56)/t35?,36?,37-/m0/s1. The minimum atomic E-state index is -1.03. The predicted molar refractivity (Wildman–Crippen MR) is 221 cm³/mol. The third-order valence-corrected chi connectivity index (χ3v) is 11.6. The summed E-state index contributed by atoms with van der Waals surface area (Å²) in [4.78, 5) is 65.3. The Labute approximate surface area is 336 Å². The fraction of sp³-hybridized carbons (Fsp3) is 0.326. The summed E-state index contributed by atoms with van der Waals surface area (Å²) in [6.07, 6.45) is 6.43. The smallest absolute Gasteiger partial charge is 0.335 e. The molecule has 3 aromatic carbocycles.